The van der Waals surface area contributed by atoms with Crippen LogP contribution in [0.4, 0.5) is 0 Å². The molecule has 0 amide bonds. The third-order valence-electron chi connectivity index (χ3n) is 3.82. The molecule has 20 heavy (non-hydrogen) atoms. The molecule has 3 nitrogen and oxygen atoms in total. The Morgan fingerprint density at radius 2 is 2.20 bits per heavy atom. The van der Waals surface area contributed by atoms with Crippen LogP contribution < -0.4 is 0 Å². The first-order chi connectivity index (χ1) is 9.69. The van der Waals surface area contributed by atoms with Gasteiger partial charge >= 0.3 is 0 Å². The zero-order valence-electron chi connectivity index (χ0n) is 12.5. The van der Waals surface area contributed by atoms with Gasteiger partial charge in [0.15, 0.2) is 0 Å². The van der Waals surface area contributed by atoms with Crippen LogP contribution in [0.1, 0.15) is 17.5 Å². The van der Waals surface area contributed by atoms with E-state index >= 15 is 0 Å². The zero-order chi connectivity index (χ0) is 14.4. The van der Waals surface area contributed by atoms with Crippen LogP contribution in [0.2, 0.25) is 0 Å². The van der Waals surface area contributed by atoms with Crippen molar-refractivity contribution in [1.82, 2.24) is 9.80 Å². The third kappa shape index (κ3) is 4.35. The minimum absolute atomic E-state index is 0.0847. The first kappa shape index (κ1) is 15.1. The molecule has 1 heterocycles. The summed E-state index contributed by atoms with van der Waals surface area (Å²) in [6, 6.07) is 8.20. The summed E-state index contributed by atoms with van der Waals surface area (Å²) in [5.41, 5.74) is 2.26. The molecule has 1 fully saturated rings. The van der Waals surface area contributed by atoms with E-state index in [4.69, 9.17) is 5.11 Å². The van der Waals surface area contributed by atoms with E-state index in [2.05, 4.69) is 47.9 Å². The van der Waals surface area contributed by atoms with E-state index in [-0.39, 0.29) is 6.61 Å². The quantitative estimate of drug-likeness (QED) is 0.840. The molecule has 108 valence electrons. The average molecular weight is 272 g/mol. The molecular weight excluding hydrogens is 248 g/mol. The van der Waals surface area contributed by atoms with Crippen molar-refractivity contribution in [2.75, 3.05) is 40.3 Å². The lowest BCUT2D eigenvalue weighted by atomic mass is 10.1. The number of aliphatic hydroxyl groups excluding tert-OH is 1. The molecule has 0 aromatic heterocycles. The zero-order valence-corrected chi connectivity index (χ0v) is 12.5. The lowest BCUT2D eigenvalue weighted by Crippen LogP contribution is -2.27. The molecule has 1 N–H and O–H groups in total. The Hall–Kier alpha value is -1.34. The van der Waals surface area contributed by atoms with Gasteiger partial charge in [-0.2, -0.15) is 0 Å². The van der Waals surface area contributed by atoms with E-state index in [0.29, 0.717) is 0 Å². The van der Waals surface area contributed by atoms with E-state index in [1.807, 2.05) is 12.1 Å². The van der Waals surface area contributed by atoms with Gasteiger partial charge in [-0.15, -0.1) is 0 Å². The van der Waals surface area contributed by atoms with Crippen molar-refractivity contribution >= 4 is 0 Å². The molecule has 1 aromatic rings. The topological polar surface area (TPSA) is 26.7 Å². The lowest BCUT2D eigenvalue weighted by molar-refractivity contribution is 0.267. The molecule has 0 bridgehead atoms. The number of benzene rings is 1. The van der Waals surface area contributed by atoms with Gasteiger partial charge in [-0.25, -0.2) is 0 Å². The van der Waals surface area contributed by atoms with Crippen molar-refractivity contribution in [3.05, 3.63) is 35.4 Å². The normalized spacial score (nSPS) is 19.1. The number of nitrogens with zero attached hydrogens (tertiary/aromatic N) is 2. The number of rotatable bonds is 4. The first-order valence-corrected chi connectivity index (χ1v) is 7.23. The van der Waals surface area contributed by atoms with Gasteiger partial charge in [-0.3, -0.25) is 0 Å². The second-order valence-electron chi connectivity index (χ2n) is 5.73. The predicted molar refractivity (Wildman–Crippen MR) is 82.3 cm³/mol. The fourth-order valence-corrected chi connectivity index (χ4v) is 2.89. The summed E-state index contributed by atoms with van der Waals surface area (Å²) in [5, 5.41) is 8.83. The fraction of sp³-hybridized carbons (Fsp3) is 0.529. The number of hydrogen-bond donors (Lipinski definition) is 1. The summed E-state index contributed by atoms with van der Waals surface area (Å²) in [7, 11) is 4.37. The van der Waals surface area contributed by atoms with Crippen LogP contribution in [0.25, 0.3) is 0 Å². The predicted octanol–water partition coefficient (Wildman–Crippen LogP) is 1.41. The monoisotopic (exact) mass is 272 g/mol. The van der Waals surface area contributed by atoms with Crippen molar-refractivity contribution in [3.63, 3.8) is 0 Å². The Kier molecular flexibility index (Phi) is 5.60. The number of hydrogen-bond acceptors (Lipinski definition) is 3. The summed E-state index contributed by atoms with van der Waals surface area (Å²) >= 11 is 0. The van der Waals surface area contributed by atoms with Gasteiger partial charge in [0.1, 0.15) is 6.61 Å². The molecule has 1 aliphatic rings. The molecule has 0 radical (unpaired) electrons. The molecule has 1 aromatic carbocycles. The fourth-order valence-electron chi connectivity index (χ4n) is 2.89. The van der Waals surface area contributed by atoms with Gasteiger partial charge in [0.05, 0.1) is 0 Å². The Morgan fingerprint density at radius 3 is 2.90 bits per heavy atom. The van der Waals surface area contributed by atoms with Crippen molar-refractivity contribution in [2.45, 2.75) is 13.0 Å². The Balaban J connectivity index is 1.95. The van der Waals surface area contributed by atoms with E-state index < -0.39 is 0 Å². The molecule has 1 atom stereocenters. The number of likely N-dealkylation sites (tertiary alicyclic amines) is 1. The third-order valence-corrected chi connectivity index (χ3v) is 3.82. The van der Waals surface area contributed by atoms with Crippen LogP contribution >= 0.6 is 0 Å². The van der Waals surface area contributed by atoms with Gasteiger partial charge in [0.25, 0.3) is 0 Å². The van der Waals surface area contributed by atoms with Crippen LogP contribution in [0.3, 0.4) is 0 Å². The maximum absolute atomic E-state index is 8.83. The summed E-state index contributed by atoms with van der Waals surface area (Å²) in [4.78, 5) is 4.78. The van der Waals surface area contributed by atoms with Crippen LogP contribution in [0.15, 0.2) is 24.3 Å². The Labute approximate surface area is 122 Å². The molecule has 1 unspecified atom stereocenters. The van der Waals surface area contributed by atoms with Crippen LogP contribution in [0.5, 0.6) is 0 Å². The van der Waals surface area contributed by atoms with E-state index in [9.17, 15) is 0 Å². The van der Waals surface area contributed by atoms with Crippen molar-refractivity contribution < 1.29 is 5.11 Å². The van der Waals surface area contributed by atoms with Gasteiger partial charge in [0.2, 0.25) is 0 Å². The van der Waals surface area contributed by atoms with Crippen molar-refractivity contribution in [1.29, 1.82) is 0 Å². The van der Waals surface area contributed by atoms with E-state index in [1.54, 1.807) is 0 Å². The second-order valence-corrected chi connectivity index (χ2v) is 5.73. The highest BCUT2D eigenvalue weighted by atomic mass is 16.2. The van der Waals surface area contributed by atoms with E-state index in [1.165, 1.54) is 25.1 Å². The Bertz CT molecular complexity index is 489. The summed E-state index contributed by atoms with van der Waals surface area (Å²) in [5.74, 6) is 6.55. The van der Waals surface area contributed by atoms with E-state index in [0.717, 1.165) is 24.6 Å². The molecule has 0 aliphatic carbocycles. The van der Waals surface area contributed by atoms with Crippen molar-refractivity contribution in [2.24, 2.45) is 5.92 Å². The maximum Gasteiger partial charge on any atom is 0.104 e. The highest BCUT2D eigenvalue weighted by Crippen LogP contribution is 2.17. The smallest absolute Gasteiger partial charge is 0.104 e. The average Bonchev–Trinajstić information content (AvgIpc) is 2.83. The van der Waals surface area contributed by atoms with Gasteiger partial charge in [0, 0.05) is 25.2 Å². The van der Waals surface area contributed by atoms with Crippen LogP contribution in [-0.2, 0) is 6.54 Å². The van der Waals surface area contributed by atoms with Crippen LogP contribution in [0, 0.1) is 17.8 Å². The molecule has 0 saturated carbocycles. The summed E-state index contributed by atoms with van der Waals surface area (Å²) in [6.45, 7) is 4.38. The minimum Gasteiger partial charge on any atom is -0.384 e. The Morgan fingerprint density at radius 1 is 1.40 bits per heavy atom. The highest BCUT2D eigenvalue weighted by Gasteiger charge is 2.20. The largest absolute Gasteiger partial charge is 0.384 e. The minimum atomic E-state index is -0.0847. The molecular formula is C17H24N2O. The van der Waals surface area contributed by atoms with Crippen molar-refractivity contribution in [3.8, 4) is 11.8 Å². The molecule has 1 saturated heterocycles. The summed E-state index contributed by atoms with van der Waals surface area (Å²) < 4.78 is 0. The first-order valence-electron chi connectivity index (χ1n) is 7.23. The van der Waals surface area contributed by atoms with Gasteiger partial charge in [-0.1, -0.05) is 30.0 Å². The van der Waals surface area contributed by atoms with Crippen LogP contribution in [-0.4, -0.2) is 55.2 Å². The number of aliphatic hydroxyl groups is 1. The maximum atomic E-state index is 8.83. The standard InChI is InChI=1S/C17H24N2O/c1-18-10-9-15(12-18)13-19(2)14-17-7-4-3-6-16(17)8-5-11-20/h3-4,6-7,15,20H,9-14H2,1-2H3. The molecule has 3 heteroatoms. The summed E-state index contributed by atoms with van der Waals surface area (Å²) in [6.07, 6.45) is 1.30. The SMILES string of the molecule is CN1CCC(CN(C)Cc2ccccc2C#CCO)C1. The van der Waals surface area contributed by atoms with Gasteiger partial charge < -0.3 is 14.9 Å². The van der Waals surface area contributed by atoms with Gasteiger partial charge in [-0.05, 0) is 44.6 Å². The lowest BCUT2D eigenvalue weighted by Gasteiger charge is -2.21. The second kappa shape index (κ2) is 7.44. The highest BCUT2D eigenvalue weighted by molar-refractivity contribution is 5.41. The molecule has 2 rings (SSSR count). The molecule has 0 spiro atoms. The molecule has 1 aliphatic heterocycles.